The monoisotopic (exact) mass is 359 g/mol. The minimum absolute atomic E-state index is 0.238. The lowest BCUT2D eigenvalue weighted by Gasteiger charge is -2.13. The summed E-state index contributed by atoms with van der Waals surface area (Å²) >= 11 is 0. The van der Waals surface area contributed by atoms with Crippen LogP contribution in [0.5, 0.6) is 5.75 Å². The Kier molecular flexibility index (Phi) is 4.49. The second kappa shape index (κ2) is 7.25. The molecule has 1 heterocycles. The molecule has 1 amide bonds. The van der Waals surface area contributed by atoms with E-state index in [4.69, 9.17) is 4.74 Å². The molecule has 0 radical (unpaired) electrons. The number of nitrogens with zero attached hydrogens (tertiary/aromatic N) is 4. The van der Waals surface area contributed by atoms with Crippen LogP contribution in [0.2, 0.25) is 0 Å². The third-order valence-electron chi connectivity index (χ3n) is 4.11. The molecule has 0 fully saturated rings. The summed E-state index contributed by atoms with van der Waals surface area (Å²) < 4.78 is 7.22. The number of ether oxygens (including phenoxy) is 1. The highest BCUT2D eigenvalue weighted by Gasteiger charge is 2.15. The molecule has 134 valence electrons. The Labute approximate surface area is 155 Å². The number of carbonyl (C=O) groups excluding carboxylic acids is 1. The Hall–Kier alpha value is -3.74. The van der Waals surface area contributed by atoms with Gasteiger partial charge in [-0.15, -0.1) is 5.10 Å². The van der Waals surface area contributed by atoms with Gasteiger partial charge in [-0.2, -0.15) is 0 Å². The molecule has 0 bridgehead atoms. The van der Waals surface area contributed by atoms with Gasteiger partial charge < -0.3 is 10.1 Å². The van der Waals surface area contributed by atoms with E-state index in [-0.39, 0.29) is 5.91 Å². The van der Waals surface area contributed by atoms with E-state index in [1.807, 2.05) is 61.5 Å². The van der Waals surface area contributed by atoms with Crippen molar-refractivity contribution >= 4 is 22.4 Å². The number of amides is 1. The van der Waals surface area contributed by atoms with Crippen LogP contribution in [-0.4, -0.2) is 32.7 Å². The second-order valence-corrected chi connectivity index (χ2v) is 5.89. The molecule has 0 spiro atoms. The third kappa shape index (κ3) is 3.48. The molecule has 1 N–H and O–H groups in total. The summed E-state index contributed by atoms with van der Waals surface area (Å²) in [6.07, 6.45) is 1.50. The van der Waals surface area contributed by atoms with Crippen molar-refractivity contribution in [3.05, 3.63) is 72.6 Å². The smallest absolute Gasteiger partial charge is 0.259 e. The van der Waals surface area contributed by atoms with Gasteiger partial charge in [0.05, 0.1) is 17.9 Å². The summed E-state index contributed by atoms with van der Waals surface area (Å²) in [7, 11) is 0. The summed E-state index contributed by atoms with van der Waals surface area (Å²) in [5.74, 6) is 0.323. The predicted molar refractivity (Wildman–Crippen MR) is 102 cm³/mol. The lowest BCUT2D eigenvalue weighted by molar-refractivity contribution is 0.102. The van der Waals surface area contributed by atoms with Gasteiger partial charge in [0.2, 0.25) is 0 Å². The standard InChI is InChI=1S/C20H17N5O2/c1-2-27-19-11-15-7-4-3-6-14(15)10-18(19)20(26)22-16-8-5-9-17(12-16)25-13-21-23-24-25/h3-13H,2H2,1H3,(H,22,26). The van der Waals surface area contributed by atoms with Gasteiger partial charge in [0.25, 0.3) is 5.91 Å². The second-order valence-electron chi connectivity index (χ2n) is 5.89. The van der Waals surface area contributed by atoms with Crippen LogP contribution in [-0.2, 0) is 0 Å². The third-order valence-corrected chi connectivity index (χ3v) is 4.11. The van der Waals surface area contributed by atoms with Gasteiger partial charge >= 0.3 is 0 Å². The number of nitrogens with one attached hydrogen (secondary N) is 1. The van der Waals surface area contributed by atoms with Crippen molar-refractivity contribution in [2.75, 3.05) is 11.9 Å². The van der Waals surface area contributed by atoms with E-state index in [0.29, 0.717) is 23.6 Å². The lowest BCUT2D eigenvalue weighted by atomic mass is 10.1. The van der Waals surface area contributed by atoms with Crippen molar-refractivity contribution in [2.45, 2.75) is 6.92 Å². The number of benzene rings is 3. The van der Waals surface area contributed by atoms with Crippen molar-refractivity contribution in [1.29, 1.82) is 0 Å². The summed E-state index contributed by atoms with van der Waals surface area (Å²) in [6, 6.07) is 18.9. The molecule has 0 saturated carbocycles. The summed E-state index contributed by atoms with van der Waals surface area (Å²) in [4.78, 5) is 12.9. The van der Waals surface area contributed by atoms with Gasteiger partial charge in [0.15, 0.2) is 0 Å². The topological polar surface area (TPSA) is 81.9 Å². The number of rotatable bonds is 5. The van der Waals surface area contributed by atoms with Crippen molar-refractivity contribution in [3.63, 3.8) is 0 Å². The Morgan fingerprint density at radius 3 is 2.63 bits per heavy atom. The summed E-state index contributed by atoms with van der Waals surface area (Å²) in [6.45, 7) is 2.37. The van der Waals surface area contributed by atoms with Gasteiger partial charge in [-0.25, -0.2) is 4.68 Å². The first kappa shape index (κ1) is 16.7. The maximum absolute atomic E-state index is 12.9. The number of aromatic nitrogens is 4. The van der Waals surface area contributed by atoms with Crippen LogP contribution in [0.25, 0.3) is 16.5 Å². The minimum atomic E-state index is -0.238. The first-order chi connectivity index (χ1) is 13.2. The highest BCUT2D eigenvalue weighted by Crippen LogP contribution is 2.27. The Morgan fingerprint density at radius 2 is 1.89 bits per heavy atom. The Balaban J connectivity index is 1.67. The first-order valence-corrected chi connectivity index (χ1v) is 8.55. The van der Waals surface area contributed by atoms with Crippen LogP contribution in [0, 0.1) is 0 Å². The van der Waals surface area contributed by atoms with E-state index >= 15 is 0 Å². The van der Waals surface area contributed by atoms with Crippen molar-refractivity contribution in [1.82, 2.24) is 20.2 Å². The van der Waals surface area contributed by atoms with Crippen LogP contribution >= 0.6 is 0 Å². The number of hydrogen-bond acceptors (Lipinski definition) is 5. The zero-order valence-electron chi connectivity index (χ0n) is 14.7. The SMILES string of the molecule is CCOc1cc2ccccc2cc1C(=O)Nc1cccc(-n2cnnn2)c1. The maximum atomic E-state index is 12.9. The van der Waals surface area contributed by atoms with Gasteiger partial charge in [0, 0.05) is 5.69 Å². The number of fused-ring (bicyclic) bond motifs is 1. The molecule has 0 aliphatic rings. The molecular formula is C20H17N5O2. The van der Waals surface area contributed by atoms with Crippen LogP contribution in [0.15, 0.2) is 67.0 Å². The maximum Gasteiger partial charge on any atom is 0.259 e. The highest BCUT2D eigenvalue weighted by molar-refractivity contribution is 6.08. The van der Waals surface area contributed by atoms with Crippen LogP contribution in [0.3, 0.4) is 0 Å². The molecule has 4 rings (SSSR count). The fourth-order valence-corrected chi connectivity index (χ4v) is 2.88. The van der Waals surface area contributed by atoms with E-state index in [9.17, 15) is 4.79 Å². The fraction of sp³-hybridized carbons (Fsp3) is 0.100. The molecule has 7 heteroatoms. The molecule has 0 aliphatic carbocycles. The van der Waals surface area contributed by atoms with Crippen molar-refractivity contribution < 1.29 is 9.53 Å². The highest BCUT2D eigenvalue weighted by atomic mass is 16.5. The van der Waals surface area contributed by atoms with E-state index in [2.05, 4.69) is 20.8 Å². The average Bonchev–Trinajstić information content (AvgIpc) is 3.23. The number of anilines is 1. The largest absolute Gasteiger partial charge is 0.493 e. The minimum Gasteiger partial charge on any atom is -0.493 e. The van der Waals surface area contributed by atoms with Crippen LogP contribution in [0.1, 0.15) is 17.3 Å². The predicted octanol–water partition coefficient (Wildman–Crippen LogP) is 3.47. The number of carbonyl (C=O) groups is 1. The zero-order valence-corrected chi connectivity index (χ0v) is 14.7. The van der Waals surface area contributed by atoms with E-state index in [1.165, 1.54) is 11.0 Å². The fourth-order valence-electron chi connectivity index (χ4n) is 2.88. The molecule has 1 aromatic heterocycles. The quantitative estimate of drug-likeness (QED) is 0.590. The van der Waals surface area contributed by atoms with Crippen molar-refractivity contribution in [2.24, 2.45) is 0 Å². The number of hydrogen-bond donors (Lipinski definition) is 1. The van der Waals surface area contributed by atoms with Gasteiger partial charge in [-0.1, -0.05) is 30.3 Å². The summed E-state index contributed by atoms with van der Waals surface area (Å²) in [5, 5.41) is 16.0. The lowest BCUT2D eigenvalue weighted by Crippen LogP contribution is -2.14. The molecule has 3 aromatic carbocycles. The molecular weight excluding hydrogens is 342 g/mol. The Bertz CT molecular complexity index is 1090. The van der Waals surface area contributed by atoms with Crippen LogP contribution < -0.4 is 10.1 Å². The molecule has 7 nitrogen and oxygen atoms in total. The van der Waals surface area contributed by atoms with Gasteiger partial charge in [-0.3, -0.25) is 4.79 Å². The van der Waals surface area contributed by atoms with Crippen LogP contribution in [0.4, 0.5) is 5.69 Å². The van der Waals surface area contributed by atoms with E-state index in [1.54, 1.807) is 6.07 Å². The summed E-state index contributed by atoms with van der Waals surface area (Å²) in [5.41, 5.74) is 1.88. The van der Waals surface area contributed by atoms with E-state index in [0.717, 1.165) is 16.5 Å². The van der Waals surface area contributed by atoms with Crippen molar-refractivity contribution in [3.8, 4) is 11.4 Å². The number of tetrazole rings is 1. The zero-order chi connectivity index (χ0) is 18.6. The molecule has 27 heavy (non-hydrogen) atoms. The molecule has 4 aromatic rings. The van der Waals surface area contributed by atoms with Gasteiger partial charge in [0.1, 0.15) is 12.1 Å². The van der Waals surface area contributed by atoms with E-state index < -0.39 is 0 Å². The average molecular weight is 359 g/mol. The Morgan fingerprint density at radius 1 is 1.07 bits per heavy atom. The normalized spacial score (nSPS) is 10.7. The molecule has 0 unspecified atom stereocenters. The van der Waals surface area contributed by atoms with Gasteiger partial charge in [-0.05, 0) is 58.5 Å². The molecule has 0 saturated heterocycles. The first-order valence-electron chi connectivity index (χ1n) is 8.55. The molecule has 0 atom stereocenters. The molecule has 0 aliphatic heterocycles.